The van der Waals surface area contributed by atoms with E-state index in [2.05, 4.69) is 47.8 Å². The van der Waals surface area contributed by atoms with Gasteiger partial charge >= 0.3 is 0 Å². The minimum atomic E-state index is -0.355. The van der Waals surface area contributed by atoms with Gasteiger partial charge in [-0.15, -0.1) is 0 Å². The summed E-state index contributed by atoms with van der Waals surface area (Å²) in [5.41, 5.74) is 13.3. The quantitative estimate of drug-likeness (QED) is 0.256. The van der Waals surface area contributed by atoms with Gasteiger partial charge in [-0.2, -0.15) is 5.10 Å². The second-order valence-corrected chi connectivity index (χ2v) is 8.34. The molecule has 4 rings (SSSR count). The number of carbonyl (C=O) groups is 1. The van der Waals surface area contributed by atoms with Crippen molar-refractivity contribution in [2.75, 3.05) is 5.73 Å². The van der Waals surface area contributed by atoms with E-state index in [1.54, 1.807) is 42.2 Å². The average Bonchev–Trinajstić information content (AvgIpc) is 2.76. The van der Waals surface area contributed by atoms with Crippen molar-refractivity contribution in [2.24, 2.45) is 5.10 Å². The molecule has 0 aliphatic rings. The van der Waals surface area contributed by atoms with Crippen LogP contribution < -0.4 is 11.2 Å². The molecule has 0 radical (unpaired) electrons. The highest BCUT2D eigenvalue weighted by atomic mass is 32.2. The van der Waals surface area contributed by atoms with E-state index in [9.17, 15) is 4.79 Å². The molecular weight excluding hydrogens is 404 g/mol. The lowest BCUT2D eigenvalue weighted by molar-refractivity contribution is 0.0956. The van der Waals surface area contributed by atoms with Crippen LogP contribution in [0.2, 0.25) is 0 Å². The molecule has 1 aromatic heterocycles. The van der Waals surface area contributed by atoms with Gasteiger partial charge < -0.3 is 5.73 Å². The summed E-state index contributed by atoms with van der Waals surface area (Å²) in [5, 5.41) is 6.01. The number of pyridine rings is 1. The summed E-state index contributed by atoms with van der Waals surface area (Å²) in [4.78, 5) is 18.3. The largest absolute Gasteiger partial charge is 0.398 e. The monoisotopic (exact) mass is 426 g/mol. The highest BCUT2D eigenvalue weighted by Crippen LogP contribution is 2.31. The van der Waals surface area contributed by atoms with E-state index in [1.165, 1.54) is 5.56 Å². The fourth-order valence-electron chi connectivity index (χ4n) is 3.11. The number of benzene rings is 3. The summed E-state index contributed by atoms with van der Waals surface area (Å²) in [5.74, 6) is -0.355. The average molecular weight is 427 g/mol. The first-order chi connectivity index (χ1) is 15.0. The zero-order chi connectivity index (χ0) is 21.8. The maximum Gasteiger partial charge on any atom is 0.273 e. The molecule has 4 aromatic rings. The third kappa shape index (κ3) is 4.92. The van der Waals surface area contributed by atoms with E-state index < -0.39 is 0 Å². The number of nitrogens with one attached hydrogen (secondary N) is 1. The Hall–Kier alpha value is -3.64. The molecular formula is C25H22N4OS. The number of anilines is 1. The Kier molecular flexibility index (Phi) is 6.00. The topological polar surface area (TPSA) is 80.4 Å². The van der Waals surface area contributed by atoms with Gasteiger partial charge in [-0.05, 0) is 56.3 Å². The first-order valence-electron chi connectivity index (χ1n) is 9.83. The predicted molar refractivity (Wildman–Crippen MR) is 128 cm³/mol. The molecule has 3 N–H and O–H groups in total. The third-order valence-corrected chi connectivity index (χ3v) is 5.80. The van der Waals surface area contributed by atoms with Gasteiger partial charge in [0.2, 0.25) is 0 Å². The Balaban J connectivity index is 1.65. The molecule has 0 aliphatic carbocycles. The van der Waals surface area contributed by atoms with E-state index in [4.69, 9.17) is 10.7 Å². The molecule has 154 valence electrons. The normalized spacial score (nSPS) is 11.2. The highest BCUT2D eigenvalue weighted by molar-refractivity contribution is 7.99. The Morgan fingerprint density at radius 1 is 1.00 bits per heavy atom. The van der Waals surface area contributed by atoms with Crippen molar-refractivity contribution in [3.05, 3.63) is 95.1 Å². The summed E-state index contributed by atoms with van der Waals surface area (Å²) in [6.45, 7) is 4.11. The molecule has 0 spiro atoms. The number of nitrogens with two attached hydrogens (primary N) is 1. The first kappa shape index (κ1) is 20.6. The van der Waals surface area contributed by atoms with Gasteiger partial charge in [-0.1, -0.05) is 53.2 Å². The van der Waals surface area contributed by atoms with Gasteiger partial charge in [0.15, 0.2) is 0 Å². The molecule has 5 nitrogen and oxygen atoms in total. The van der Waals surface area contributed by atoms with Crippen LogP contribution in [0.15, 0.2) is 87.8 Å². The standard InChI is InChI=1S/C25H22N4OS/c1-16-7-10-20(11-8-16)31-25-19(14-18-13-17(2)9-12-23(18)28-25)15-27-29-24(30)21-5-3-4-6-22(21)26/h3-15H,26H2,1-2H3,(H,29,30)/b27-15+. The Bertz CT molecular complexity index is 1280. The molecule has 0 fully saturated rings. The van der Waals surface area contributed by atoms with Gasteiger partial charge in [0.25, 0.3) is 5.91 Å². The molecule has 1 heterocycles. The number of carbonyl (C=O) groups excluding carboxylic acids is 1. The molecule has 6 heteroatoms. The summed E-state index contributed by atoms with van der Waals surface area (Å²) in [7, 11) is 0. The lowest BCUT2D eigenvalue weighted by atomic mass is 10.1. The van der Waals surface area contributed by atoms with E-state index in [1.807, 2.05) is 25.1 Å². The highest BCUT2D eigenvalue weighted by Gasteiger charge is 2.10. The molecule has 0 saturated heterocycles. The number of nitrogens with zero attached hydrogens (tertiary/aromatic N) is 2. The number of hydrazone groups is 1. The van der Waals surface area contributed by atoms with Crippen molar-refractivity contribution in [1.29, 1.82) is 0 Å². The van der Waals surface area contributed by atoms with Crippen molar-refractivity contribution in [3.63, 3.8) is 0 Å². The molecule has 0 unspecified atom stereocenters. The number of nitrogen functional groups attached to an aromatic ring is 1. The molecule has 0 aliphatic heterocycles. The maximum absolute atomic E-state index is 12.4. The smallest absolute Gasteiger partial charge is 0.273 e. The van der Waals surface area contributed by atoms with Gasteiger partial charge in [0.05, 0.1) is 17.3 Å². The van der Waals surface area contributed by atoms with Crippen molar-refractivity contribution < 1.29 is 4.79 Å². The van der Waals surface area contributed by atoms with Crippen molar-refractivity contribution in [1.82, 2.24) is 10.4 Å². The van der Waals surface area contributed by atoms with Gasteiger partial charge in [-0.25, -0.2) is 10.4 Å². The van der Waals surface area contributed by atoms with Crippen LogP contribution in [0.25, 0.3) is 10.9 Å². The van der Waals surface area contributed by atoms with Crippen molar-refractivity contribution in [3.8, 4) is 0 Å². The van der Waals surface area contributed by atoms with Crippen LogP contribution in [-0.2, 0) is 0 Å². The summed E-state index contributed by atoms with van der Waals surface area (Å²) >= 11 is 1.56. The van der Waals surface area contributed by atoms with Crippen molar-refractivity contribution >= 4 is 40.5 Å². The van der Waals surface area contributed by atoms with Gasteiger partial charge in [-0.3, -0.25) is 4.79 Å². The van der Waals surface area contributed by atoms with Gasteiger partial charge in [0, 0.05) is 21.5 Å². The number of hydrogen-bond acceptors (Lipinski definition) is 5. The Morgan fingerprint density at radius 2 is 1.74 bits per heavy atom. The second kappa shape index (κ2) is 9.02. The summed E-state index contributed by atoms with van der Waals surface area (Å²) in [6, 6.07) is 23.4. The fourth-order valence-corrected chi connectivity index (χ4v) is 3.98. The minimum Gasteiger partial charge on any atom is -0.398 e. The molecule has 31 heavy (non-hydrogen) atoms. The summed E-state index contributed by atoms with van der Waals surface area (Å²) in [6.07, 6.45) is 1.63. The first-order valence-corrected chi connectivity index (χ1v) is 10.6. The lowest BCUT2D eigenvalue weighted by Gasteiger charge is -2.09. The number of amides is 1. The van der Waals surface area contributed by atoms with E-state index in [0.717, 1.165) is 32.0 Å². The second-order valence-electron chi connectivity index (χ2n) is 7.28. The van der Waals surface area contributed by atoms with Crippen LogP contribution >= 0.6 is 11.8 Å². The zero-order valence-electron chi connectivity index (χ0n) is 17.3. The van der Waals surface area contributed by atoms with Crippen LogP contribution in [0, 0.1) is 13.8 Å². The molecule has 0 atom stereocenters. The predicted octanol–water partition coefficient (Wildman–Crippen LogP) is 5.35. The number of para-hydroxylation sites is 1. The number of aromatic nitrogens is 1. The van der Waals surface area contributed by atoms with Gasteiger partial charge in [0.1, 0.15) is 5.03 Å². The van der Waals surface area contributed by atoms with Crippen LogP contribution in [0.3, 0.4) is 0 Å². The Labute approximate surface area is 185 Å². The van der Waals surface area contributed by atoms with Crippen LogP contribution in [0.1, 0.15) is 27.0 Å². The van der Waals surface area contributed by atoms with E-state index in [0.29, 0.717) is 11.3 Å². The molecule has 3 aromatic carbocycles. The van der Waals surface area contributed by atoms with E-state index in [-0.39, 0.29) is 5.91 Å². The van der Waals surface area contributed by atoms with Crippen LogP contribution in [-0.4, -0.2) is 17.1 Å². The van der Waals surface area contributed by atoms with E-state index >= 15 is 0 Å². The van der Waals surface area contributed by atoms with Crippen LogP contribution in [0.5, 0.6) is 0 Å². The number of hydrogen-bond donors (Lipinski definition) is 2. The number of fused-ring (bicyclic) bond motifs is 1. The zero-order valence-corrected chi connectivity index (χ0v) is 18.1. The lowest BCUT2D eigenvalue weighted by Crippen LogP contribution is -2.19. The number of aryl methyl sites for hydroxylation is 2. The number of rotatable bonds is 5. The van der Waals surface area contributed by atoms with Crippen LogP contribution in [0.4, 0.5) is 5.69 Å². The molecule has 0 bridgehead atoms. The minimum absolute atomic E-state index is 0.355. The molecule has 0 saturated carbocycles. The SMILES string of the molecule is Cc1ccc(Sc2nc3ccc(C)cc3cc2/C=N/NC(=O)c2ccccc2N)cc1. The maximum atomic E-state index is 12.4. The molecule has 1 amide bonds. The van der Waals surface area contributed by atoms with Crippen molar-refractivity contribution in [2.45, 2.75) is 23.8 Å². The third-order valence-electron chi connectivity index (χ3n) is 4.77. The fraction of sp³-hybridized carbons (Fsp3) is 0.0800. The summed E-state index contributed by atoms with van der Waals surface area (Å²) < 4.78 is 0. The Morgan fingerprint density at radius 3 is 2.52 bits per heavy atom.